The van der Waals surface area contributed by atoms with Gasteiger partial charge in [0.2, 0.25) is 0 Å². The monoisotopic (exact) mass is 228 g/mol. The first-order valence-electron chi connectivity index (χ1n) is 3.43. The first-order chi connectivity index (χ1) is 5.68. The van der Waals surface area contributed by atoms with Gasteiger partial charge in [-0.05, 0) is 12.1 Å². The first kappa shape index (κ1) is 9.13. The summed E-state index contributed by atoms with van der Waals surface area (Å²) in [6.07, 6.45) is 0. The molecule has 0 heterocycles. The molecule has 0 aliphatic heterocycles. The Balaban J connectivity index is 2.57. The van der Waals surface area contributed by atoms with Gasteiger partial charge in [-0.25, -0.2) is 0 Å². The lowest BCUT2D eigenvalue weighted by Crippen LogP contribution is -1.95. The highest BCUT2D eigenvalue weighted by Gasteiger charge is 1.94. The van der Waals surface area contributed by atoms with Crippen LogP contribution in [0.5, 0.6) is 11.5 Å². The molecule has 1 N–H and O–H groups in total. The van der Waals surface area contributed by atoms with Crippen molar-refractivity contribution in [1.29, 1.82) is 0 Å². The maximum Gasteiger partial charge on any atom is 0.123 e. The van der Waals surface area contributed by atoms with Crippen LogP contribution >= 0.6 is 15.9 Å². The second-order valence-electron chi connectivity index (χ2n) is 2.30. The van der Waals surface area contributed by atoms with E-state index < -0.39 is 0 Å². The molecule has 2 nitrogen and oxygen atoms in total. The fourth-order valence-corrected chi connectivity index (χ4v) is 0.849. The Morgan fingerprint density at radius 1 is 1.58 bits per heavy atom. The van der Waals surface area contributed by atoms with Gasteiger partial charge in [-0.2, -0.15) is 0 Å². The highest BCUT2D eigenvalue weighted by molar-refractivity contribution is 9.11. The number of phenolic OH excluding ortho intramolecular Hbond substituents is 1. The average molecular weight is 229 g/mol. The fraction of sp³-hybridized carbons (Fsp3) is 0.111. The summed E-state index contributed by atoms with van der Waals surface area (Å²) < 4.78 is 6.01. The maximum absolute atomic E-state index is 9.06. The molecule has 0 aromatic heterocycles. The highest BCUT2D eigenvalue weighted by Crippen LogP contribution is 2.18. The third-order valence-electron chi connectivity index (χ3n) is 1.21. The smallest absolute Gasteiger partial charge is 0.123 e. The van der Waals surface area contributed by atoms with Crippen molar-refractivity contribution in [3.8, 4) is 11.5 Å². The topological polar surface area (TPSA) is 29.5 Å². The number of rotatable bonds is 3. The Morgan fingerprint density at radius 3 is 2.92 bits per heavy atom. The fourth-order valence-electron chi connectivity index (χ4n) is 0.735. The molecule has 12 heavy (non-hydrogen) atoms. The molecule has 3 heteroatoms. The van der Waals surface area contributed by atoms with Crippen molar-refractivity contribution >= 4 is 15.9 Å². The SMILES string of the molecule is C=C(Br)COc1cccc(O)c1. The van der Waals surface area contributed by atoms with Gasteiger partial charge in [0.1, 0.15) is 18.1 Å². The van der Waals surface area contributed by atoms with E-state index in [1.54, 1.807) is 24.3 Å². The van der Waals surface area contributed by atoms with Crippen molar-refractivity contribution < 1.29 is 9.84 Å². The summed E-state index contributed by atoms with van der Waals surface area (Å²) >= 11 is 3.17. The van der Waals surface area contributed by atoms with E-state index in [2.05, 4.69) is 22.5 Å². The van der Waals surface area contributed by atoms with Crippen molar-refractivity contribution in [3.05, 3.63) is 35.3 Å². The molecule has 1 aromatic carbocycles. The minimum Gasteiger partial charge on any atom is -0.508 e. The van der Waals surface area contributed by atoms with Crippen molar-refractivity contribution in [2.75, 3.05) is 6.61 Å². The molecule has 0 radical (unpaired) electrons. The predicted octanol–water partition coefficient (Wildman–Crippen LogP) is 2.68. The van der Waals surface area contributed by atoms with Crippen molar-refractivity contribution in [2.24, 2.45) is 0 Å². The second kappa shape index (κ2) is 4.16. The Kier molecular flexibility index (Phi) is 3.17. The van der Waals surface area contributed by atoms with Crippen LogP contribution in [-0.2, 0) is 0 Å². The Bertz CT molecular complexity index is 284. The van der Waals surface area contributed by atoms with E-state index in [4.69, 9.17) is 9.84 Å². The Labute approximate surface area is 79.6 Å². The van der Waals surface area contributed by atoms with Crippen molar-refractivity contribution in [1.82, 2.24) is 0 Å². The minimum atomic E-state index is 0.202. The van der Waals surface area contributed by atoms with E-state index in [0.717, 1.165) is 4.48 Å². The molecule has 0 fully saturated rings. The zero-order valence-corrected chi connectivity index (χ0v) is 8.04. The van der Waals surface area contributed by atoms with Crippen LogP contribution in [-0.4, -0.2) is 11.7 Å². The molecule has 0 amide bonds. The van der Waals surface area contributed by atoms with E-state index in [-0.39, 0.29) is 5.75 Å². The summed E-state index contributed by atoms with van der Waals surface area (Å²) in [7, 11) is 0. The summed E-state index contributed by atoms with van der Waals surface area (Å²) in [4.78, 5) is 0. The number of aromatic hydroxyl groups is 1. The molecule has 0 unspecified atom stereocenters. The minimum absolute atomic E-state index is 0.202. The summed E-state index contributed by atoms with van der Waals surface area (Å²) in [6.45, 7) is 4.03. The van der Waals surface area contributed by atoms with Crippen LogP contribution in [0.25, 0.3) is 0 Å². The average Bonchev–Trinajstić information content (AvgIpc) is 2.01. The zero-order valence-electron chi connectivity index (χ0n) is 6.46. The van der Waals surface area contributed by atoms with Gasteiger partial charge in [0.05, 0.1) is 0 Å². The number of hydrogen-bond acceptors (Lipinski definition) is 2. The van der Waals surface area contributed by atoms with Crippen LogP contribution in [0.4, 0.5) is 0 Å². The number of benzene rings is 1. The summed E-state index contributed by atoms with van der Waals surface area (Å²) in [6, 6.07) is 6.64. The van der Waals surface area contributed by atoms with Gasteiger partial charge in [-0.3, -0.25) is 0 Å². The molecular weight excluding hydrogens is 220 g/mol. The van der Waals surface area contributed by atoms with E-state index in [0.29, 0.717) is 12.4 Å². The Hall–Kier alpha value is -0.960. The third-order valence-corrected chi connectivity index (χ3v) is 1.44. The van der Waals surface area contributed by atoms with Gasteiger partial charge in [0.15, 0.2) is 0 Å². The van der Waals surface area contributed by atoms with Crippen LogP contribution < -0.4 is 4.74 Å². The van der Waals surface area contributed by atoms with Crippen LogP contribution in [0.2, 0.25) is 0 Å². The van der Waals surface area contributed by atoms with E-state index >= 15 is 0 Å². The highest BCUT2D eigenvalue weighted by atomic mass is 79.9. The van der Waals surface area contributed by atoms with E-state index in [1.807, 2.05) is 0 Å². The second-order valence-corrected chi connectivity index (χ2v) is 3.42. The molecule has 64 valence electrons. The van der Waals surface area contributed by atoms with Gasteiger partial charge < -0.3 is 9.84 Å². The standard InChI is InChI=1S/C9H9BrO2/c1-7(10)6-12-9-4-2-3-8(11)5-9/h2-5,11H,1,6H2. The number of phenols is 1. The van der Waals surface area contributed by atoms with Crippen LogP contribution in [0, 0.1) is 0 Å². The van der Waals surface area contributed by atoms with E-state index in [1.165, 1.54) is 0 Å². The summed E-state index contributed by atoms with van der Waals surface area (Å²) in [5, 5.41) is 9.06. The van der Waals surface area contributed by atoms with Gasteiger partial charge in [0.25, 0.3) is 0 Å². The summed E-state index contributed by atoms with van der Waals surface area (Å²) in [5.41, 5.74) is 0. The number of hydrogen-bond donors (Lipinski definition) is 1. The van der Waals surface area contributed by atoms with Gasteiger partial charge in [-0.15, -0.1) is 0 Å². The van der Waals surface area contributed by atoms with Gasteiger partial charge in [-0.1, -0.05) is 28.6 Å². The molecular formula is C9H9BrO2. The lowest BCUT2D eigenvalue weighted by atomic mass is 10.3. The predicted molar refractivity (Wildman–Crippen MR) is 51.7 cm³/mol. The first-order valence-corrected chi connectivity index (χ1v) is 4.23. The van der Waals surface area contributed by atoms with Crippen molar-refractivity contribution in [3.63, 3.8) is 0 Å². The van der Waals surface area contributed by atoms with Crippen LogP contribution in [0.3, 0.4) is 0 Å². The number of halogens is 1. The van der Waals surface area contributed by atoms with Crippen molar-refractivity contribution in [2.45, 2.75) is 0 Å². The van der Waals surface area contributed by atoms with Crippen LogP contribution in [0.15, 0.2) is 35.3 Å². The lowest BCUT2D eigenvalue weighted by Gasteiger charge is -2.04. The van der Waals surface area contributed by atoms with Gasteiger partial charge in [0, 0.05) is 10.5 Å². The normalized spacial score (nSPS) is 9.42. The van der Waals surface area contributed by atoms with Gasteiger partial charge >= 0.3 is 0 Å². The Morgan fingerprint density at radius 2 is 2.33 bits per heavy atom. The van der Waals surface area contributed by atoms with Crippen LogP contribution in [0.1, 0.15) is 0 Å². The third kappa shape index (κ3) is 2.96. The number of ether oxygens (including phenoxy) is 1. The molecule has 0 atom stereocenters. The molecule has 0 saturated carbocycles. The molecule has 1 aromatic rings. The molecule has 0 saturated heterocycles. The maximum atomic E-state index is 9.06. The quantitative estimate of drug-likeness (QED) is 0.863. The summed E-state index contributed by atoms with van der Waals surface area (Å²) in [5.74, 6) is 0.836. The molecule has 0 aliphatic carbocycles. The van der Waals surface area contributed by atoms with E-state index in [9.17, 15) is 0 Å². The zero-order chi connectivity index (χ0) is 8.97. The molecule has 1 rings (SSSR count). The molecule has 0 bridgehead atoms. The lowest BCUT2D eigenvalue weighted by molar-refractivity contribution is 0.357. The molecule has 0 aliphatic rings. The molecule has 0 spiro atoms. The largest absolute Gasteiger partial charge is 0.508 e.